The highest BCUT2D eigenvalue weighted by Gasteiger charge is 2.14. The molecule has 0 saturated heterocycles. The molecule has 150 valence electrons. The molecular formula is C20H19BrN4O3S. The third kappa shape index (κ3) is 4.99. The molecule has 2 heterocycles. The van der Waals surface area contributed by atoms with Gasteiger partial charge in [-0.1, -0.05) is 13.0 Å². The number of carboxylic acids is 1. The minimum absolute atomic E-state index is 0.180. The number of hydrogen-bond donors (Lipinski definition) is 3. The zero-order valence-corrected chi connectivity index (χ0v) is 18.2. The summed E-state index contributed by atoms with van der Waals surface area (Å²) in [6.07, 6.45) is 1.10. The van der Waals surface area contributed by atoms with Gasteiger partial charge in [-0.05, 0) is 59.1 Å². The number of aryl methyl sites for hydroxylation is 1. The van der Waals surface area contributed by atoms with Crippen molar-refractivity contribution < 1.29 is 14.7 Å². The largest absolute Gasteiger partial charge is 0.481 e. The van der Waals surface area contributed by atoms with Crippen molar-refractivity contribution in [1.29, 1.82) is 0 Å². The van der Waals surface area contributed by atoms with Gasteiger partial charge in [0.2, 0.25) is 6.41 Å². The lowest BCUT2D eigenvalue weighted by molar-refractivity contribution is -0.136. The SMILES string of the molecule is CCc1c(C)nc(-c2ccc(Br)s2)nc1Nc1ccc(CC(=O)O)c(NC=O)c1. The van der Waals surface area contributed by atoms with Gasteiger partial charge >= 0.3 is 5.97 Å². The van der Waals surface area contributed by atoms with Crippen molar-refractivity contribution in [3.05, 3.63) is 50.9 Å². The number of nitrogens with zero attached hydrogens (tertiary/aromatic N) is 2. The summed E-state index contributed by atoms with van der Waals surface area (Å²) in [5.41, 5.74) is 3.53. The summed E-state index contributed by atoms with van der Waals surface area (Å²) in [5.74, 6) is 0.348. The molecule has 1 aromatic carbocycles. The number of carbonyl (C=O) groups excluding carboxylic acids is 1. The third-order valence-electron chi connectivity index (χ3n) is 4.29. The van der Waals surface area contributed by atoms with Crippen molar-refractivity contribution in [2.24, 2.45) is 0 Å². The average Bonchev–Trinajstić information content (AvgIpc) is 3.10. The molecule has 3 aromatic rings. The third-order valence-corrected chi connectivity index (χ3v) is 5.91. The van der Waals surface area contributed by atoms with Crippen LogP contribution in [-0.4, -0.2) is 27.5 Å². The number of aliphatic carboxylic acids is 1. The van der Waals surface area contributed by atoms with E-state index in [0.29, 0.717) is 35.0 Å². The number of benzene rings is 1. The zero-order valence-electron chi connectivity index (χ0n) is 15.8. The van der Waals surface area contributed by atoms with Crippen molar-refractivity contribution in [1.82, 2.24) is 9.97 Å². The number of halogens is 1. The number of anilines is 3. The van der Waals surface area contributed by atoms with E-state index < -0.39 is 5.97 Å². The lowest BCUT2D eigenvalue weighted by Crippen LogP contribution is -2.07. The van der Waals surface area contributed by atoms with Gasteiger partial charge in [0.25, 0.3) is 0 Å². The maximum atomic E-state index is 11.0. The smallest absolute Gasteiger partial charge is 0.307 e. The van der Waals surface area contributed by atoms with Crippen molar-refractivity contribution in [3.8, 4) is 10.7 Å². The first kappa shape index (κ1) is 20.9. The number of nitrogens with one attached hydrogen (secondary N) is 2. The van der Waals surface area contributed by atoms with Crippen molar-refractivity contribution in [2.75, 3.05) is 10.6 Å². The fourth-order valence-corrected chi connectivity index (χ4v) is 4.29. The number of carbonyl (C=O) groups is 2. The van der Waals surface area contributed by atoms with Gasteiger partial charge in [-0.3, -0.25) is 9.59 Å². The molecule has 1 amide bonds. The summed E-state index contributed by atoms with van der Waals surface area (Å²) in [4.78, 5) is 32.3. The van der Waals surface area contributed by atoms with Crippen LogP contribution in [0.5, 0.6) is 0 Å². The van der Waals surface area contributed by atoms with E-state index in [0.717, 1.165) is 26.3 Å². The van der Waals surface area contributed by atoms with Crippen LogP contribution < -0.4 is 10.6 Å². The standard InChI is InChI=1S/C20H19BrN4O3S/c1-3-14-11(2)23-20(16-6-7-17(21)29-16)25-19(14)24-13-5-4-12(8-18(27)28)15(9-13)22-10-26/h4-7,9-10H,3,8H2,1-2H3,(H,22,26)(H,27,28)(H,23,24,25). The molecule has 0 atom stereocenters. The summed E-state index contributed by atoms with van der Waals surface area (Å²) in [6, 6.07) is 9.07. The number of carboxylic acid groups (broad SMARTS) is 1. The van der Waals surface area contributed by atoms with Gasteiger partial charge in [-0.2, -0.15) is 0 Å². The van der Waals surface area contributed by atoms with E-state index in [-0.39, 0.29) is 6.42 Å². The van der Waals surface area contributed by atoms with Crippen LogP contribution in [0, 0.1) is 6.92 Å². The number of hydrogen-bond acceptors (Lipinski definition) is 6. The van der Waals surface area contributed by atoms with Gasteiger partial charge in [0.15, 0.2) is 5.82 Å². The van der Waals surface area contributed by atoms with Gasteiger partial charge in [0, 0.05) is 22.6 Å². The van der Waals surface area contributed by atoms with E-state index in [9.17, 15) is 9.59 Å². The van der Waals surface area contributed by atoms with Crippen LogP contribution in [0.2, 0.25) is 0 Å². The van der Waals surface area contributed by atoms with Gasteiger partial charge in [0.05, 0.1) is 15.1 Å². The van der Waals surface area contributed by atoms with Crippen LogP contribution in [0.15, 0.2) is 34.1 Å². The first-order chi connectivity index (χ1) is 13.9. The highest BCUT2D eigenvalue weighted by atomic mass is 79.9. The Kier molecular flexibility index (Phi) is 6.60. The molecule has 0 radical (unpaired) electrons. The Hall–Kier alpha value is -2.78. The topological polar surface area (TPSA) is 104 Å². The first-order valence-electron chi connectivity index (χ1n) is 8.86. The van der Waals surface area contributed by atoms with Gasteiger partial charge in [0.1, 0.15) is 5.82 Å². The predicted octanol–water partition coefficient (Wildman–Crippen LogP) is 4.78. The Morgan fingerprint density at radius 1 is 1.28 bits per heavy atom. The van der Waals surface area contributed by atoms with E-state index >= 15 is 0 Å². The fraction of sp³-hybridized carbons (Fsp3) is 0.200. The van der Waals surface area contributed by atoms with Crippen LogP contribution in [0.4, 0.5) is 17.2 Å². The molecule has 0 aliphatic heterocycles. The second kappa shape index (κ2) is 9.15. The molecule has 3 rings (SSSR count). The summed E-state index contributed by atoms with van der Waals surface area (Å²) in [7, 11) is 0. The van der Waals surface area contributed by atoms with Crippen molar-refractivity contribution in [2.45, 2.75) is 26.7 Å². The Labute approximate surface area is 180 Å². The molecule has 0 saturated carbocycles. The van der Waals surface area contributed by atoms with E-state index in [4.69, 9.17) is 10.1 Å². The monoisotopic (exact) mass is 474 g/mol. The van der Waals surface area contributed by atoms with Crippen LogP contribution in [-0.2, 0) is 22.4 Å². The van der Waals surface area contributed by atoms with Crippen LogP contribution in [0.25, 0.3) is 10.7 Å². The molecule has 7 nitrogen and oxygen atoms in total. The minimum Gasteiger partial charge on any atom is -0.481 e. The Morgan fingerprint density at radius 2 is 2.07 bits per heavy atom. The van der Waals surface area contributed by atoms with Crippen molar-refractivity contribution in [3.63, 3.8) is 0 Å². The quantitative estimate of drug-likeness (QED) is 0.405. The summed E-state index contributed by atoms with van der Waals surface area (Å²) < 4.78 is 1.00. The maximum absolute atomic E-state index is 11.0. The minimum atomic E-state index is -0.967. The maximum Gasteiger partial charge on any atom is 0.307 e. The highest BCUT2D eigenvalue weighted by Crippen LogP contribution is 2.32. The molecule has 0 spiro atoms. The van der Waals surface area contributed by atoms with Crippen LogP contribution in [0.3, 0.4) is 0 Å². The summed E-state index contributed by atoms with van der Waals surface area (Å²) in [5, 5.41) is 14.9. The zero-order chi connectivity index (χ0) is 21.0. The van der Waals surface area contributed by atoms with Crippen LogP contribution >= 0.6 is 27.3 Å². The fourth-order valence-electron chi connectivity index (χ4n) is 2.97. The van der Waals surface area contributed by atoms with Gasteiger partial charge in [-0.15, -0.1) is 11.3 Å². The molecule has 0 aliphatic rings. The molecule has 0 unspecified atom stereocenters. The average molecular weight is 475 g/mol. The van der Waals surface area contributed by atoms with Crippen molar-refractivity contribution >= 4 is 56.8 Å². The summed E-state index contributed by atoms with van der Waals surface area (Å²) >= 11 is 5.02. The Bertz CT molecular complexity index is 1070. The lowest BCUT2D eigenvalue weighted by Gasteiger charge is -2.15. The molecule has 0 bridgehead atoms. The molecule has 2 aromatic heterocycles. The molecular weight excluding hydrogens is 456 g/mol. The number of rotatable bonds is 8. The van der Waals surface area contributed by atoms with Gasteiger partial charge in [-0.25, -0.2) is 9.97 Å². The lowest BCUT2D eigenvalue weighted by atomic mass is 10.1. The number of amides is 1. The summed E-state index contributed by atoms with van der Waals surface area (Å²) in [6.45, 7) is 3.99. The molecule has 3 N–H and O–H groups in total. The highest BCUT2D eigenvalue weighted by molar-refractivity contribution is 9.11. The number of aromatic nitrogens is 2. The van der Waals surface area contributed by atoms with Crippen LogP contribution in [0.1, 0.15) is 23.7 Å². The van der Waals surface area contributed by atoms with E-state index in [1.807, 2.05) is 26.0 Å². The predicted molar refractivity (Wildman–Crippen MR) is 118 cm³/mol. The normalized spacial score (nSPS) is 10.6. The van der Waals surface area contributed by atoms with Gasteiger partial charge < -0.3 is 15.7 Å². The Balaban J connectivity index is 2.00. The molecule has 9 heteroatoms. The Morgan fingerprint density at radius 3 is 2.69 bits per heavy atom. The second-order valence-electron chi connectivity index (χ2n) is 6.25. The van der Waals surface area contributed by atoms with E-state index in [2.05, 4.69) is 31.5 Å². The molecule has 0 aliphatic carbocycles. The second-order valence-corrected chi connectivity index (χ2v) is 8.71. The van der Waals surface area contributed by atoms with E-state index in [1.54, 1.807) is 29.5 Å². The molecule has 29 heavy (non-hydrogen) atoms. The number of thiophene rings is 1. The first-order valence-corrected chi connectivity index (χ1v) is 10.5. The van der Waals surface area contributed by atoms with E-state index in [1.165, 1.54) is 0 Å². The molecule has 0 fully saturated rings.